The van der Waals surface area contributed by atoms with E-state index in [1.807, 2.05) is 0 Å². The van der Waals surface area contributed by atoms with Crippen LogP contribution < -0.4 is 0 Å². The predicted octanol–water partition coefficient (Wildman–Crippen LogP) is 2.23. The number of aliphatic carboxylic acids is 1. The molecule has 1 saturated heterocycles. The van der Waals surface area contributed by atoms with E-state index in [-0.39, 0.29) is 11.7 Å². The van der Waals surface area contributed by atoms with Crippen molar-refractivity contribution in [2.24, 2.45) is 11.3 Å². The summed E-state index contributed by atoms with van der Waals surface area (Å²) in [5, 5.41) is 9.66. The first-order chi connectivity index (χ1) is 8.24. The Kier molecular flexibility index (Phi) is 3.24. The molecule has 4 nitrogen and oxygen atoms in total. The highest BCUT2D eigenvalue weighted by molar-refractivity contribution is 7.93. The summed E-state index contributed by atoms with van der Waals surface area (Å²) in [6.45, 7) is 3.42. The van der Waals surface area contributed by atoms with Gasteiger partial charge < -0.3 is 5.11 Å². The van der Waals surface area contributed by atoms with Crippen molar-refractivity contribution in [3.8, 4) is 0 Å². The number of hydrogen-bond acceptors (Lipinski definition) is 3. The summed E-state index contributed by atoms with van der Waals surface area (Å²) >= 11 is 0. The van der Waals surface area contributed by atoms with Crippen LogP contribution in [0.4, 0.5) is 0 Å². The van der Waals surface area contributed by atoms with Crippen molar-refractivity contribution < 1.29 is 18.3 Å². The molecule has 2 aliphatic rings. The Hall–Kier alpha value is -0.580. The minimum atomic E-state index is -3.16. The molecule has 1 N–H and O–H groups in total. The first kappa shape index (κ1) is 13.8. The Labute approximate surface area is 109 Å². The van der Waals surface area contributed by atoms with Gasteiger partial charge >= 0.3 is 5.97 Å². The maximum absolute atomic E-state index is 12.1. The van der Waals surface area contributed by atoms with Gasteiger partial charge in [0.2, 0.25) is 0 Å². The standard InChI is InChI=1S/C13H22O4S/c1-12(2)10(6-9-18(12,16)17)13(11(14)15)7-4-3-5-8-13/h10H,3-9H2,1-2H3,(H,14,15). The summed E-state index contributed by atoms with van der Waals surface area (Å²) in [7, 11) is -3.16. The molecule has 0 amide bonds. The molecule has 0 spiro atoms. The molecular formula is C13H22O4S. The number of rotatable bonds is 2. The lowest BCUT2D eigenvalue weighted by Crippen LogP contribution is -2.49. The molecule has 2 fully saturated rings. The Morgan fingerprint density at radius 1 is 1.17 bits per heavy atom. The molecule has 1 aliphatic carbocycles. The molecule has 0 aromatic rings. The van der Waals surface area contributed by atoms with Gasteiger partial charge in [-0.3, -0.25) is 4.79 Å². The van der Waals surface area contributed by atoms with Gasteiger partial charge in [0.15, 0.2) is 9.84 Å². The van der Waals surface area contributed by atoms with Crippen molar-refractivity contribution in [2.45, 2.75) is 57.1 Å². The predicted molar refractivity (Wildman–Crippen MR) is 69.1 cm³/mol. The summed E-state index contributed by atoms with van der Waals surface area (Å²) in [6.07, 6.45) is 4.63. The van der Waals surface area contributed by atoms with Crippen molar-refractivity contribution >= 4 is 15.8 Å². The molecule has 0 aromatic heterocycles. The summed E-state index contributed by atoms with van der Waals surface area (Å²) < 4.78 is 23.3. The molecule has 1 atom stereocenters. The smallest absolute Gasteiger partial charge is 0.309 e. The van der Waals surface area contributed by atoms with Gasteiger partial charge in [-0.05, 0) is 39.0 Å². The zero-order chi connectivity index (χ0) is 13.6. The molecule has 18 heavy (non-hydrogen) atoms. The highest BCUT2D eigenvalue weighted by Gasteiger charge is 2.59. The SMILES string of the molecule is CC1(C)C(C2(C(=O)O)CCCCC2)CCS1(=O)=O. The molecular weight excluding hydrogens is 252 g/mol. The monoisotopic (exact) mass is 274 g/mol. The van der Waals surface area contributed by atoms with Gasteiger partial charge in [0.1, 0.15) is 0 Å². The quantitative estimate of drug-likeness (QED) is 0.838. The molecule has 0 radical (unpaired) electrons. The second-order valence-corrected chi connectivity index (χ2v) is 8.98. The fourth-order valence-corrected chi connectivity index (χ4v) is 5.79. The minimum Gasteiger partial charge on any atom is -0.481 e. The molecule has 1 aliphatic heterocycles. The van der Waals surface area contributed by atoms with Crippen molar-refractivity contribution in [3.05, 3.63) is 0 Å². The maximum atomic E-state index is 12.1. The van der Waals surface area contributed by atoms with Crippen LogP contribution in [-0.4, -0.2) is 30.0 Å². The van der Waals surface area contributed by atoms with Crippen molar-refractivity contribution in [1.82, 2.24) is 0 Å². The zero-order valence-corrected chi connectivity index (χ0v) is 11.9. The third-order valence-electron chi connectivity index (χ3n) is 5.15. The number of carbonyl (C=O) groups is 1. The van der Waals surface area contributed by atoms with Crippen LogP contribution in [0.25, 0.3) is 0 Å². The normalized spacial score (nSPS) is 33.1. The molecule has 2 rings (SSSR count). The van der Waals surface area contributed by atoms with Gasteiger partial charge in [0.05, 0.1) is 15.9 Å². The van der Waals surface area contributed by atoms with E-state index in [0.29, 0.717) is 19.3 Å². The van der Waals surface area contributed by atoms with Crippen LogP contribution in [0.15, 0.2) is 0 Å². The van der Waals surface area contributed by atoms with Gasteiger partial charge in [0, 0.05) is 0 Å². The van der Waals surface area contributed by atoms with Crippen molar-refractivity contribution in [1.29, 1.82) is 0 Å². The average Bonchev–Trinajstić information content (AvgIpc) is 2.50. The lowest BCUT2D eigenvalue weighted by atomic mass is 9.61. The van der Waals surface area contributed by atoms with Crippen LogP contribution in [0.2, 0.25) is 0 Å². The molecule has 1 unspecified atom stereocenters. The summed E-state index contributed by atoms with van der Waals surface area (Å²) in [6, 6.07) is 0. The fourth-order valence-electron chi connectivity index (χ4n) is 3.94. The maximum Gasteiger partial charge on any atom is 0.309 e. The number of sulfone groups is 1. The number of hydrogen-bond donors (Lipinski definition) is 1. The highest BCUT2D eigenvalue weighted by atomic mass is 32.2. The lowest BCUT2D eigenvalue weighted by molar-refractivity contribution is -0.156. The molecule has 0 aromatic carbocycles. The van der Waals surface area contributed by atoms with Crippen molar-refractivity contribution in [2.75, 3.05) is 5.75 Å². The fraction of sp³-hybridized carbons (Fsp3) is 0.923. The minimum absolute atomic E-state index is 0.139. The lowest BCUT2D eigenvalue weighted by Gasteiger charge is -2.43. The average molecular weight is 274 g/mol. The van der Waals surface area contributed by atoms with E-state index >= 15 is 0 Å². The number of carboxylic acid groups (broad SMARTS) is 1. The summed E-state index contributed by atoms with van der Waals surface area (Å²) in [4.78, 5) is 11.8. The van der Waals surface area contributed by atoms with Crippen LogP contribution in [0.5, 0.6) is 0 Å². The topological polar surface area (TPSA) is 71.4 Å². The van der Waals surface area contributed by atoms with Gasteiger partial charge in [-0.2, -0.15) is 0 Å². The van der Waals surface area contributed by atoms with E-state index in [9.17, 15) is 18.3 Å². The molecule has 1 saturated carbocycles. The molecule has 0 bridgehead atoms. The van der Waals surface area contributed by atoms with Crippen LogP contribution in [0, 0.1) is 11.3 Å². The summed E-state index contributed by atoms with van der Waals surface area (Å²) in [5.74, 6) is -0.898. The number of carboxylic acids is 1. The molecule has 5 heteroatoms. The van der Waals surface area contributed by atoms with Crippen LogP contribution in [0.3, 0.4) is 0 Å². The van der Waals surface area contributed by atoms with E-state index in [0.717, 1.165) is 19.3 Å². The first-order valence-electron chi connectivity index (χ1n) is 6.70. The van der Waals surface area contributed by atoms with Gasteiger partial charge in [0.25, 0.3) is 0 Å². The zero-order valence-electron chi connectivity index (χ0n) is 11.1. The van der Waals surface area contributed by atoms with E-state index in [2.05, 4.69) is 0 Å². The van der Waals surface area contributed by atoms with Gasteiger partial charge in [-0.15, -0.1) is 0 Å². The Balaban J connectivity index is 2.42. The van der Waals surface area contributed by atoms with E-state index < -0.39 is 26.0 Å². The van der Waals surface area contributed by atoms with Crippen LogP contribution in [0.1, 0.15) is 52.4 Å². The van der Waals surface area contributed by atoms with E-state index in [1.54, 1.807) is 13.8 Å². The third-order valence-corrected chi connectivity index (χ3v) is 7.82. The second kappa shape index (κ2) is 4.22. The molecule has 104 valence electrons. The largest absolute Gasteiger partial charge is 0.481 e. The van der Waals surface area contributed by atoms with Crippen LogP contribution in [-0.2, 0) is 14.6 Å². The Morgan fingerprint density at radius 3 is 2.11 bits per heavy atom. The van der Waals surface area contributed by atoms with Gasteiger partial charge in [-0.1, -0.05) is 19.3 Å². The summed E-state index contributed by atoms with van der Waals surface area (Å²) in [5.41, 5.74) is -0.814. The first-order valence-corrected chi connectivity index (χ1v) is 8.35. The Morgan fingerprint density at radius 2 is 1.72 bits per heavy atom. The van der Waals surface area contributed by atoms with Gasteiger partial charge in [-0.25, -0.2) is 8.42 Å². The Bertz CT molecular complexity index is 444. The highest BCUT2D eigenvalue weighted by Crippen LogP contribution is 2.53. The molecule has 1 heterocycles. The van der Waals surface area contributed by atoms with E-state index in [1.165, 1.54) is 0 Å². The van der Waals surface area contributed by atoms with Crippen molar-refractivity contribution in [3.63, 3.8) is 0 Å². The third kappa shape index (κ3) is 1.78. The second-order valence-electron chi connectivity index (χ2n) is 6.29. The van der Waals surface area contributed by atoms with E-state index in [4.69, 9.17) is 0 Å². The van der Waals surface area contributed by atoms with Crippen LogP contribution >= 0.6 is 0 Å².